The van der Waals surface area contributed by atoms with E-state index in [1.807, 2.05) is 49.4 Å². The maximum atomic E-state index is 16.1. The summed E-state index contributed by atoms with van der Waals surface area (Å²) in [5, 5.41) is 19.5. The van der Waals surface area contributed by atoms with Crippen LogP contribution in [0.15, 0.2) is 98.5 Å². The molecular weight excluding hydrogens is 660 g/mol. The topological polar surface area (TPSA) is 73.4 Å². The lowest BCUT2D eigenvalue weighted by molar-refractivity contribution is 0.631. The molecule has 9 heteroatoms. The Morgan fingerprint density at radius 2 is 1.38 bits per heavy atom. The molecule has 230 valence electrons. The van der Waals surface area contributed by atoms with Gasteiger partial charge in [-0.15, -0.1) is 11.3 Å². The third-order valence-electron chi connectivity index (χ3n) is 8.22. The Bertz CT molecular complexity index is 2240. The number of nitriles is 2. The molecule has 7 rings (SSSR count). The quantitative estimate of drug-likeness (QED) is 0.117. The van der Waals surface area contributed by atoms with Crippen LogP contribution in [0.4, 0.5) is 4.39 Å². The van der Waals surface area contributed by atoms with Crippen LogP contribution >= 0.6 is 46.6 Å². The molecule has 4 nitrogen and oxygen atoms in total. The molecule has 0 aliphatic carbocycles. The van der Waals surface area contributed by atoms with Crippen LogP contribution in [-0.4, -0.2) is 8.75 Å². The fourth-order valence-electron chi connectivity index (χ4n) is 5.74. The second-order valence-corrected chi connectivity index (χ2v) is 15.3. The maximum Gasteiger partial charge on any atom is 0.150 e. The van der Waals surface area contributed by atoms with E-state index >= 15 is 4.39 Å². The lowest BCUT2D eigenvalue weighted by Crippen LogP contribution is -1.93. The predicted molar refractivity (Wildman–Crippen MR) is 195 cm³/mol. The summed E-state index contributed by atoms with van der Waals surface area (Å²) >= 11 is 5.50. The van der Waals surface area contributed by atoms with Crippen LogP contribution in [0.1, 0.15) is 37.3 Å². The van der Waals surface area contributed by atoms with Gasteiger partial charge in [-0.05, 0) is 60.2 Å². The first-order valence-electron chi connectivity index (χ1n) is 15.3. The number of nitrogens with zero attached hydrogens (tertiary/aromatic N) is 4. The minimum atomic E-state index is -0.368. The zero-order chi connectivity index (χ0) is 32.5. The zero-order valence-electron chi connectivity index (χ0n) is 25.6. The number of halogens is 1. The van der Waals surface area contributed by atoms with E-state index in [1.165, 1.54) is 48.3 Å². The van der Waals surface area contributed by atoms with Gasteiger partial charge in [-0.25, -0.2) is 4.39 Å². The van der Waals surface area contributed by atoms with Gasteiger partial charge in [0.15, 0.2) is 0 Å². The Kier molecular flexibility index (Phi) is 8.98. The number of hydrogen-bond acceptors (Lipinski definition) is 8. The number of aryl methyl sites for hydroxylation is 2. The molecule has 0 saturated heterocycles. The first-order chi connectivity index (χ1) is 23.0. The lowest BCUT2D eigenvalue weighted by Gasteiger charge is -2.14. The Morgan fingerprint density at radius 1 is 0.745 bits per heavy atom. The van der Waals surface area contributed by atoms with Crippen LogP contribution in [0.3, 0.4) is 0 Å². The van der Waals surface area contributed by atoms with E-state index < -0.39 is 0 Å². The van der Waals surface area contributed by atoms with Gasteiger partial charge in [0.25, 0.3) is 0 Å². The number of aromatic nitrogens is 2. The highest BCUT2D eigenvalue weighted by Crippen LogP contribution is 2.61. The number of rotatable bonds is 8. The number of hydrogen-bond donors (Lipinski definition) is 0. The molecule has 0 radical (unpaired) electrons. The molecule has 2 aromatic heterocycles. The number of benzene rings is 4. The van der Waals surface area contributed by atoms with E-state index in [0.717, 1.165) is 65.5 Å². The fraction of sp³-hybridized carbons (Fsp3) is 0.158. The predicted octanol–water partition coefficient (Wildman–Crippen LogP) is 12.1. The van der Waals surface area contributed by atoms with E-state index in [1.54, 1.807) is 23.5 Å². The molecular formula is C38H27FN4S4. The first kappa shape index (κ1) is 31.4. The monoisotopic (exact) mass is 686 g/mol. The molecule has 4 aromatic carbocycles. The molecule has 1 aliphatic heterocycles. The summed E-state index contributed by atoms with van der Waals surface area (Å²) in [5.74, 6) is -0.368. The SMILES string of the molecule is CCCCCc1ccc(-c2ccc(-c3c4c(c(-c5ccc(-c6ccc(C)cc6)cc5F)c5nsnc35)SC(=C(C#N)C#N)S4)s2)cc1. The summed E-state index contributed by atoms with van der Waals surface area (Å²) < 4.78 is 26.2. The average Bonchev–Trinajstić information content (AvgIpc) is 3.86. The van der Waals surface area contributed by atoms with E-state index in [0.29, 0.717) is 26.4 Å². The van der Waals surface area contributed by atoms with Crippen molar-refractivity contribution in [2.45, 2.75) is 49.3 Å². The highest BCUT2D eigenvalue weighted by molar-refractivity contribution is 8.25. The van der Waals surface area contributed by atoms with Gasteiger partial charge in [-0.2, -0.15) is 19.3 Å². The minimum absolute atomic E-state index is 0.0394. The summed E-state index contributed by atoms with van der Waals surface area (Å²) in [6.07, 6.45) is 4.73. The van der Waals surface area contributed by atoms with Crippen molar-refractivity contribution < 1.29 is 4.39 Å². The molecule has 1 aliphatic rings. The van der Waals surface area contributed by atoms with Crippen LogP contribution in [0.5, 0.6) is 0 Å². The lowest BCUT2D eigenvalue weighted by atomic mass is 9.96. The second kappa shape index (κ2) is 13.5. The van der Waals surface area contributed by atoms with Crippen molar-refractivity contribution in [3.05, 3.63) is 106 Å². The van der Waals surface area contributed by atoms with Gasteiger partial charge in [0, 0.05) is 36.2 Å². The Labute approximate surface area is 289 Å². The smallest absolute Gasteiger partial charge is 0.150 e. The molecule has 6 aromatic rings. The molecule has 0 unspecified atom stereocenters. The maximum absolute atomic E-state index is 16.1. The van der Waals surface area contributed by atoms with Crippen molar-refractivity contribution >= 4 is 57.6 Å². The Morgan fingerprint density at radius 3 is 2.06 bits per heavy atom. The molecule has 0 atom stereocenters. The van der Waals surface area contributed by atoms with E-state index in [9.17, 15) is 10.5 Å². The van der Waals surface area contributed by atoms with Gasteiger partial charge in [0.2, 0.25) is 0 Å². The van der Waals surface area contributed by atoms with Gasteiger partial charge < -0.3 is 0 Å². The van der Waals surface area contributed by atoms with E-state index in [2.05, 4.69) is 43.3 Å². The van der Waals surface area contributed by atoms with Gasteiger partial charge in [0.1, 0.15) is 34.6 Å². The van der Waals surface area contributed by atoms with Crippen molar-refractivity contribution in [2.24, 2.45) is 0 Å². The minimum Gasteiger partial charge on any atom is -0.206 e. The number of allylic oxidation sites excluding steroid dienone is 1. The van der Waals surface area contributed by atoms with Crippen molar-refractivity contribution in [2.75, 3.05) is 0 Å². The third-order valence-corrected chi connectivity index (χ3v) is 12.5. The number of thioether (sulfide) groups is 2. The van der Waals surface area contributed by atoms with Crippen LogP contribution in [0.25, 0.3) is 54.2 Å². The van der Waals surface area contributed by atoms with Crippen molar-refractivity contribution in [3.63, 3.8) is 0 Å². The molecule has 0 N–H and O–H groups in total. The summed E-state index contributed by atoms with van der Waals surface area (Å²) in [5.41, 5.74) is 8.65. The van der Waals surface area contributed by atoms with Gasteiger partial charge in [0.05, 0.1) is 16.0 Å². The van der Waals surface area contributed by atoms with Crippen LogP contribution < -0.4 is 0 Å². The van der Waals surface area contributed by atoms with Crippen molar-refractivity contribution in [1.29, 1.82) is 10.5 Å². The molecule has 0 bridgehead atoms. The van der Waals surface area contributed by atoms with Gasteiger partial charge in [-0.3, -0.25) is 0 Å². The standard InChI is InChI=1S/C38H27FN4S4/c1-3-4-5-6-23-9-13-25(14-10-23)30-17-18-31(44-30)33-35-34(42-47-43-35)32(36-37(33)46-38(45-36)27(20-40)21-41)28-16-15-26(19-29(28)39)24-11-7-22(2)8-12-24/h7-19H,3-6H2,1-2H3. The van der Waals surface area contributed by atoms with Crippen LogP contribution in [0, 0.1) is 35.4 Å². The second-order valence-electron chi connectivity index (χ2n) is 11.3. The largest absolute Gasteiger partial charge is 0.206 e. The molecule has 3 heterocycles. The van der Waals surface area contributed by atoms with Crippen LogP contribution in [-0.2, 0) is 6.42 Å². The van der Waals surface area contributed by atoms with Crippen molar-refractivity contribution in [3.8, 4) is 55.3 Å². The first-order valence-corrected chi connectivity index (χ1v) is 18.5. The van der Waals surface area contributed by atoms with E-state index in [-0.39, 0.29) is 11.4 Å². The fourth-order valence-corrected chi connectivity index (χ4v) is 10.1. The summed E-state index contributed by atoms with van der Waals surface area (Å²) in [4.78, 5) is 3.79. The van der Waals surface area contributed by atoms with Crippen LogP contribution in [0.2, 0.25) is 0 Å². The Balaban J connectivity index is 1.35. The number of fused-ring (bicyclic) bond motifs is 2. The van der Waals surface area contributed by atoms with Crippen molar-refractivity contribution in [1.82, 2.24) is 8.75 Å². The average molecular weight is 687 g/mol. The van der Waals surface area contributed by atoms with Gasteiger partial charge >= 0.3 is 0 Å². The summed E-state index contributed by atoms with van der Waals surface area (Å²) in [6.45, 7) is 4.25. The highest BCUT2D eigenvalue weighted by atomic mass is 32.2. The molecule has 0 spiro atoms. The zero-order valence-corrected chi connectivity index (χ0v) is 28.9. The number of thiophene rings is 1. The summed E-state index contributed by atoms with van der Waals surface area (Å²) in [6, 6.07) is 30.4. The van der Waals surface area contributed by atoms with E-state index in [4.69, 9.17) is 8.75 Å². The van der Waals surface area contributed by atoms with Gasteiger partial charge in [-0.1, -0.05) is 110 Å². The summed E-state index contributed by atoms with van der Waals surface area (Å²) in [7, 11) is 0. The number of unbranched alkanes of at least 4 members (excludes halogenated alkanes) is 2. The molecule has 0 amide bonds. The molecule has 0 fully saturated rings. The highest BCUT2D eigenvalue weighted by Gasteiger charge is 2.33. The molecule has 47 heavy (non-hydrogen) atoms. The Hall–Kier alpha value is -4.25. The normalized spacial score (nSPS) is 12.2. The third kappa shape index (κ3) is 6.01. The molecule has 0 saturated carbocycles.